The summed E-state index contributed by atoms with van der Waals surface area (Å²) in [5, 5.41) is 5.22. The van der Waals surface area contributed by atoms with Gasteiger partial charge in [0.15, 0.2) is 0 Å². The van der Waals surface area contributed by atoms with Crippen LogP contribution < -0.4 is 5.32 Å². The minimum atomic E-state index is 0.367. The Hall–Kier alpha value is -0.550. The van der Waals surface area contributed by atoms with Gasteiger partial charge in [-0.3, -0.25) is 0 Å². The second-order valence-electron chi connectivity index (χ2n) is 4.31. The first-order valence-corrected chi connectivity index (χ1v) is 8.30. The normalized spacial score (nSPS) is 12.6. The number of benzene rings is 1. The topological polar surface area (TPSA) is 24.9 Å². The third-order valence-electron chi connectivity index (χ3n) is 2.88. The number of hydrogen-bond acceptors (Lipinski definition) is 4. The lowest BCUT2D eigenvalue weighted by Crippen LogP contribution is -2.11. The molecule has 0 spiro atoms. The predicted octanol–water partition coefficient (Wildman–Crippen LogP) is 4.68. The van der Waals surface area contributed by atoms with Crippen molar-refractivity contribution in [3.05, 3.63) is 44.9 Å². The highest BCUT2D eigenvalue weighted by Gasteiger charge is 2.12. The van der Waals surface area contributed by atoms with Gasteiger partial charge in [-0.2, -0.15) is 0 Å². The van der Waals surface area contributed by atoms with E-state index in [4.69, 9.17) is 11.6 Å². The molecule has 0 fully saturated rings. The lowest BCUT2D eigenvalue weighted by atomic mass is 10.2. The zero-order valence-corrected chi connectivity index (χ0v) is 13.6. The van der Waals surface area contributed by atoms with Crippen LogP contribution in [0.3, 0.4) is 0 Å². The predicted molar refractivity (Wildman–Crippen MR) is 85.3 cm³/mol. The Morgan fingerprint density at radius 3 is 2.68 bits per heavy atom. The Morgan fingerprint density at radius 1 is 1.37 bits per heavy atom. The van der Waals surface area contributed by atoms with Crippen LogP contribution >= 0.6 is 34.7 Å². The summed E-state index contributed by atoms with van der Waals surface area (Å²) in [4.78, 5) is 7.19. The monoisotopic (exact) mass is 312 g/mol. The van der Waals surface area contributed by atoms with E-state index in [1.165, 1.54) is 14.8 Å². The molecule has 0 radical (unpaired) electrons. The molecule has 1 N–H and O–H groups in total. The SMILES string of the molecule is CNC(C)c1sc(CSc2ccc(Cl)cc2)nc1C. The fraction of sp³-hybridized carbons (Fsp3) is 0.357. The maximum atomic E-state index is 5.88. The van der Waals surface area contributed by atoms with E-state index in [-0.39, 0.29) is 0 Å². The van der Waals surface area contributed by atoms with Crippen LogP contribution in [0.5, 0.6) is 0 Å². The molecular formula is C14H17ClN2S2. The molecule has 19 heavy (non-hydrogen) atoms. The van der Waals surface area contributed by atoms with Gasteiger partial charge in [-0.1, -0.05) is 11.6 Å². The Kier molecular flexibility index (Phi) is 5.28. The maximum Gasteiger partial charge on any atom is 0.103 e. The highest BCUT2D eigenvalue weighted by molar-refractivity contribution is 7.98. The number of nitrogens with zero attached hydrogens (tertiary/aromatic N) is 1. The lowest BCUT2D eigenvalue weighted by Gasteiger charge is -2.06. The number of rotatable bonds is 5. The van der Waals surface area contributed by atoms with Crippen molar-refractivity contribution in [1.82, 2.24) is 10.3 Å². The van der Waals surface area contributed by atoms with E-state index in [0.29, 0.717) is 6.04 Å². The number of thiazole rings is 1. The minimum Gasteiger partial charge on any atom is -0.312 e. The Morgan fingerprint density at radius 2 is 2.05 bits per heavy atom. The summed E-state index contributed by atoms with van der Waals surface area (Å²) in [7, 11) is 1.98. The fourth-order valence-corrected chi connectivity index (χ4v) is 3.88. The third-order valence-corrected chi connectivity index (χ3v) is 5.68. The maximum absolute atomic E-state index is 5.88. The number of aryl methyl sites for hydroxylation is 1. The lowest BCUT2D eigenvalue weighted by molar-refractivity contribution is 0.658. The summed E-state index contributed by atoms with van der Waals surface area (Å²) in [6.07, 6.45) is 0. The van der Waals surface area contributed by atoms with E-state index >= 15 is 0 Å². The number of nitrogens with one attached hydrogen (secondary N) is 1. The second kappa shape index (κ2) is 6.75. The molecule has 0 bridgehead atoms. The van der Waals surface area contributed by atoms with Gasteiger partial charge < -0.3 is 5.32 Å². The van der Waals surface area contributed by atoms with Gasteiger partial charge >= 0.3 is 0 Å². The van der Waals surface area contributed by atoms with Crippen LogP contribution in [0.2, 0.25) is 5.02 Å². The average molecular weight is 313 g/mol. The van der Waals surface area contributed by atoms with E-state index in [0.717, 1.165) is 16.5 Å². The molecule has 2 nitrogen and oxygen atoms in total. The standard InChI is InChI=1S/C14H17ClN2S2/c1-9(16-3)14-10(2)17-13(19-14)8-18-12-6-4-11(15)5-7-12/h4-7,9,16H,8H2,1-3H3. The largest absolute Gasteiger partial charge is 0.312 e. The van der Waals surface area contributed by atoms with Crippen LogP contribution in [-0.2, 0) is 5.75 Å². The summed E-state index contributed by atoms with van der Waals surface area (Å²) in [6.45, 7) is 4.24. The van der Waals surface area contributed by atoms with Crippen molar-refractivity contribution in [2.24, 2.45) is 0 Å². The molecule has 102 valence electrons. The van der Waals surface area contributed by atoms with E-state index < -0.39 is 0 Å². The van der Waals surface area contributed by atoms with Gasteiger partial charge in [0.1, 0.15) is 5.01 Å². The smallest absolute Gasteiger partial charge is 0.103 e. The second-order valence-corrected chi connectivity index (χ2v) is 6.91. The molecule has 0 saturated heterocycles. The molecule has 0 saturated carbocycles. The van der Waals surface area contributed by atoms with Crippen LogP contribution in [0, 0.1) is 6.92 Å². The molecule has 1 aromatic carbocycles. The van der Waals surface area contributed by atoms with Crippen molar-refractivity contribution < 1.29 is 0 Å². The molecule has 0 aliphatic heterocycles. The van der Waals surface area contributed by atoms with Crippen LogP contribution in [0.15, 0.2) is 29.2 Å². The minimum absolute atomic E-state index is 0.367. The zero-order valence-electron chi connectivity index (χ0n) is 11.2. The zero-order chi connectivity index (χ0) is 13.8. The van der Waals surface area contributed by atoms with Gasteiger partial charge in [-0.15, -0.1) is 23.1 Å². The summed E-state index contributed by atoms with van der Waals surface area (Å²) in [5.41, 5.74) is 1.14. The summed E-state index contributed by atoms with van der Waals surface area (Å²) in [5.74, 6) is 0.906. The third kappa shape index (κ3) is 3.96. The average Bonchev–Trinajstić information content (AvgIpc) is 2.78. The molecule has 0 aliphatic rings. The molecule has 2 aromatic rings. The number of thioether (sulfide) groups is 1. The van der Waals surface area contributed by atoms with E-state index in [9.17, 15) is 0 Å². The van der Waals surface area contributed by atoms with E-state index in [1.807, 2.05) is 31.3 Å². The Labute approximate surface area is 127 Å². The van der Waals surface area contributed by atoms with Crippen LogP contribution in [-0.4, -0.2) is 12.0 Å². The Bertz CT molecular complexity index is 537. The molecule has 1 aromatic heterocycles. The first kappa shape index (κ1) is 14.9. The highest BCUT2D eigenvalue weighted by atomic mass is 35.5. The van der Waals surface area contributed by atoms with Gasteiger partial charge in [0.2, 0.25) is 0 Å². The van der Waals surface area contributed by atoms with Gasteiger partial charge in [-0.25, -0.2) is 4.98 Å². The van der Waals surface area contributed by atoms with Crippen molar-refractivity contribution in [3.63, 3.8) is 0 Å². The first-order valence-electron chi connectivity index (χ1n) is 6.12. The number of halogens is 1. The van der Waals surface area contributed by atoms with Gasteiger partial charge in [0.25, 0.3) is 0 Å². The van der Waals surface area contributed by atoms with Gasteiger partial charge in [0, 0.05) is 20.8 Å². The van der Waals surface area contributed by atoms with Crippen molar-refractivity contribution in [1.29, 1.82) is 0 Å². The van der Waals surface area contributed by atoms with Crippen molar-refractivity contribution >= 4 is 34.7 Å². The van der Waals surface area contributed by atoms with Crippen molar-refractivity contribution in [2.75, 3.05) is 7.05 Å². The number of hydrogen-bond donors (Lipinski definition) is 1. The molecular weight excluding hydrogens is 296 g/mol. The fourth-order valence-electron chi connectivity index (χ4n) is 1.74. The van der Waals surface area contributed by atoms with Crippen LogP contribution in [0.25, 0.3) is 0 Å². The Balaban J connectivity index is 2.02. The molecule has 1 heterocycles. The van der Waals surface area contributed by atoms with E-state index in [2.05, 4.69) is 24.1 Å². The van der Waals surface area contributed by atoms with Crippen LogP contribution in [0.1, 0.15) is 28.5 Å². The van der Waals surface area contributed by atoms with Crippen molar-refractivity contribution in [2.45, 2.75) is 30.5 Å². The summed E-state index contributed by atoms with van der Waals surface area (Å²) in [6, 6.07) is 8.30. The van der Waals surface area contributed by atoms with Crippen molar-refractivity contribution in [3.8, 4) is 0 Å². The molecule has 0 aliphatic carbocycles. The molecule has 2 rings (SSSR count). The summed E-state index contributed by atoms with van der Waals surface area (Å²) < 4.78 is 0. The van der Waals surface area contributed by atoms with E-state index in [1.54, 1.807) is 23.1 Å². The summed E-state index contributed by atoms with van der Waals surface area (Å²) >= 11 is 9.46. The quantitative estimate of drug-likeness (QED) is 0.812. The molecule has 1 unspecified atom stereocenters. The molecule has 0 amide bonds. The van der Waals surface area contributed by atoms with Gasteiger partial charge in [-0.05, 0) is 45.2 Å². The number of aromatic nitrogens is 1. The highest BCUT2D eigenvalue weighted by Crippen LogP contribution is 2.30. The molecule has 1 atom stereocenters. The van der Waals surface area contributed by atoms with Gasteiger partial charge in [0.05, 0.1) is 11.4 Å². The first-order chi connectivity index (χ1) is 9.10. The molecule has 5 heteroatoms. The van der Waals surface area contributed by atoms with Crippen LogP contribution in [0.4, 0.5) is 0 Å².